The highest BCUT2D eigenvalue weighted by molar-refractivity contribution is 5.94. The van der Waals surface area contributed by atoms with E-state index in [2.05, 4.69) is 0 Å². The van der Waals surface area contributed by atoms with Crippen molar-refractivity contribution >= 4 is 5.91 Å². The topological polar surface area (TPSA) is 43.8 Å². The van der Waals surface area contributed by atoms with E-state index in [1.165, 1.54) is 30.3 Å². The van der Waals surface area contributed by atoms with E-state index < -0.39 is 11.9 Å². The van der Waals surface area contributed by atoms with Gasteiger partial charge < -0.3 is 10.0 Å². The predicted molar refractivity (Wildman–Crippen MR) is 90.1 cm³/mol. The molecule has 1 aliphatic rings. The van der Waals surface area contributed by atoms with Crippen molar-refractivity contribution in [3.63, 3.8) is 0 Å². The molecule has 25 heavy (non-hydrogen) atoms. The van der Waals surface area contributed by atoms with Gasteiger partial charge in [0.1, 0.15) is 11.6 Å². The van der Waals surface area contributed by atoms with E-state index in [4.69, 9.17) is 0 Å². The maximum Gasteiger partial charge on any atom is 0.253 e. The molecule has 2 aromatic rings. The van der Waals surface area contributed by atoms with Crippen molar-refractivity contribution in [3.05, 3.63) is 71.3 Å². The quantitative estimate of drug-likeness (QED) is 0.925. The van der Waals surface area contributed by atoms with E-state index in [1.807, 2.05) is 4.90 Å². The molecule has 1 saturated heterocycles. The van der Waals surface area contributed by atoms with E-state index in [0.29, 0.717) is 38.3 Å². The maximum atomic E-state index is 13.7. The van der Waals surface area contributed by atoms with E-state index in [0.717, 1.165) is 0 Å². The van der Waals surface area contributed by atoms with Crippen LogP contribution in [0.3, 0.4) is 0 Å². The molecular formula is C19H20F2N2O2. The van der Waals surface area contributed by atoms with Crippen LogP contribution in [0.4, 0.5) is 8.78 Å². The van der Waals surface area contributed by atoms with Crippen molar-refractivity contribution in [2.75, 3.05) is 32.7 Å². The average molecular weight is 346 g/mol. The first-order chi connectivity index (χ1) is 12.0. The molecule has 0 radical (unpaired) electrons. The summed E-state index contributed by atoms with van der Waals surface area (Å²) in [5, 5.41) is 10.2. The average Bonchev–Trinajstić information content (AvgIpc) is 2.63. The number of hydrogen-bond donors (Lipinski definition) is 1. The fourth-order valence-corrected chi connectivity index (χ4v) is 3.00. The first-order valence-corrected chi connectivity index (χ1v) is 8.24. The summed E-state index contributed by atoms with van der Waals surface area (Å²) in [5.41, 5.74) is 0.744. The van der Waals surface area contributed by atoms with Crippen molar-refractivity contribution in [2.24, 2.45) is 0 Å². The van der Waals surface area contributed by atoms with Crippen LogP contribution in [0.1, 0.15) is 22.0 Å². The van der Waals surface area contributed by atoms with Crippen LogP contribution in [0.2, 0.25) is 0 Å². The van der Waals surface area contributed by atoms with Crippen molar-refractivity contribution in [3.8, 4) is 0 Å². The number of amides is 1. The molecule has 1 heterocycles. The Kier molecular flexibility index (Phi) is 5.40. The Morgan fingerprint density at radius 1 is 1.00 bits per heavy atom. The summed E-state index contributed by atoms with van der Waals surface area (Å²) < 4.78 is 26.7. The number of aliphatic hydroxyl groups excluding tert-OH is 1. The van der Waals surface area contributed by atoms with Gasteiger partial charge in [-0.25, -0.2) is 8.78 Å². The minimum Gasteiger partial charge on any atom is -0.387 e. The summed E-state index contributed by atoms with van der Waals surface area (Å²) in [6.07, 6.45) is -0.902. The summed E-state index contributed by atoms with van der Waals surface area (Å²) in [5.74, 6) is -0.919. The molecule has 4 nitrogen and oxygen atoms in total. The van der Waals surface area contributed by atoms with Crippen LogP contribution in [-0.4, -0.2) is 53.5 Å². The molecule has 1 unspecified atom stereocenters. The van der Waals surface area contributed by atoms with Gasteiger partial charge in [-0.1, -0.05) is 18.2 Å². The number of benzene rings is 2. The van der Waals surface area contributed by atoms with Gasteiger partial charge in [0.05, 0.1) is 6.10 Å². The Labute approximate surface area is 145 Å². The second kappa shape index (κ2) is 7.72. The van der Waals surface area contributed by atoms with Crippen molar-refractivity contribution < 1.29 is 18.7 Å². The molecule has 6 heteroatoms. The van der Waals surface area contributed by atoms with Crippen molar-refractivity contribution in [1.82, 2.24) is 9.80 Å². The largest absolute Gasteiger partial charge is 0.387 e. The van der Waals surface area contributed by atoms with Crippen LogP contribution in [0, 0.1) is 11.6 Å². The molecule has 1 fully saturated rings. The molecule has 0 bridgehead atoms. The monoisotopic (exact) mass is 346 g/mol. The van der Waals surface area contributed by atoms with E-state index >= 15 is 0 Å². The number of nitrogens with zero attached hydrogens (tertiary/aromatic N) is 2. The van der Waals surface area contributed by atoms with Crippen LogP contribution in [0.25, 0.3) is 0 Å². The van der Waals surface area contributed by atoms with Gasteiger partial charge >= 0.3 is 0 Å². The zero-order chi connectivity index (χ0) is 17.8. The van der Waals surface area contributed by atoms with Crippen molar-refractivity contribution in [2.45, 2.75) is 6.10 Å². The molecule has 0 aliphatic carbocycles. The zero-order valence-electron chi connectivity index (χ0n) is 13.7. The Bertz CT molecular complexity index is 728. The highest BCUT2D eigenvalue weighted by Gasteiger charge is 2.24. The van der Waals surface area contributed by atoms with Crippen LogP contribution < -0.4 is 0 Å². The molecule has 1 amide bonds. The number of β-amino-alcohol motifs (C(OH)–C–C–N with tert-alkyl or cyclic N) is 1. The molecule has 0 saturated carbocycles. The number of carbonyl (C=O) groups excluding carboxylic acids is 1. The summed E-state index contributed by atoms with van der Waals surface area (Å²) in [6.45, 7) is 2.54. The van der Waals surface area contributed by atoms with E-state index in [9.17, 15) is 18.7 Å². The highest BCUT2D eigenvalue weighted by Crippen LogP contribution is 2.19. The normalized spacial score (nSPS) is 16.7. The third-order valence-corrected chi connectivity index (χ3v) is 4.45. The molecule has 0 aromatic heterocycles. The predicted octanol–water partition coefficient (Wildman–Crippen LogP) is 2.46. The molecule has 1 N–H and O–H groups in total. The minimum absolute atomic E-state index is 0.130. The number of piperazine rings is 1. The second-order valence-corrected chi connectivity index (χ2v) is 6.14. The molecule has 1 atom stereocenters. The third-order valence-electron chi connectivity index (χ3n) is 4.45. The first kappa shape index (κ1) is 17.5. The number of halogens is 2. The zero-order valence-corrected chi connectivity index (χ0v) is 13.7. The van der Waals surface area contributed by atoms with Gasteiger partial charge in [-0.05, 0) is 30.3 Å². The smallest absolute Gasteiger partial charge is 0.253 e. The molecular weight excluding hydrogens is 326 g/mol. The van der Waals surface area contributed by atoms with Gasteiger partial charge in [0.25, 0.3) is 5.91 Å². The molecule has 3 rings (SSSR count). The van der Waals surface area contributed by atoms with Gasteiger partial charge in [-0.15, -0.1) is 0 Å². The molecule has 132 valence electrons. The summed E-state index contributed by atoms with van der Waals surface area (Å²) in [7, 11) is 0. The lowest BCUT2D eigenvalue weighted by Crippen LogP contribution is -2.49. The Morgan fingerprint density at radius 3 is 2.28 bits per heavy atom. The molecule has 2 aromatic carbocycles. The van der Waals surface area contributed by atoms with Gasteiger partial charge in [-0.3, -0.25) is 9.69 Å². The van der Waals surface area contributed by atoms with Crippen LogP contribution in [0.15, 0.2) is 48.5 Å². The lowest BCUT2D eigenvalue weighted by atomic mass is 10.1. The lowest BCUT2D eigenvalue weighted by molar-refractivity contribution is 0.0522. The van der Waals surface area contributed by atoms with E-state index in [1.54, 1.807) is 23.1 Å². The molecule has 0 spiro atoms. The third kappa shape index (κ3) is 4.21. The Hall–Kier alpha value is -2.31. The van der Waals surface area contributed by atoms with Crippen LogP contribution in [-0.2, 0) is 0 Å². The van der Waals surface area contributed by atoms with Gasteiger partial charge in [-0.2, -0.15) is 0 Å². The summed E-state index contributed by atoms with van der Waals surface area (Å²) in [6, 6.07) is 11.7. The summed E-state index contributed by atoms with van der Waals surface area (Å²) >= 11 is 0. The van der Waals surface area contributed by atoms with Crippen molar-refractivity contribution in [1.29, 1.82) is 0 Å². The number of carbonyl (C=O) groups is 1. The minimum atomic E-state index is -0.902. The highest BCUT2D eigenvalue weighted by atomic mass is 19.1. The number of rotatable bonds is 4. The summed E-state index contributed by atoms with van der Waals surface area (Å²) in [4.78, 5) is 16.1. The number of aliphatic hydroxyl groups is 1. The Balaban J connectivity index is 1.54. The van der Waals surface area contributed by atoms with Gasteiger partial charge in [0, 0.05) is 43.9 Å². The van der Waals surface area contributed by atoms with Gasteiger partial charge in [0.2, 0.25) is 0 Å². The fourth-order valence-electron chi connectivity index (χ4n) is 3.00. The standard InChI is InChI=1S/C19H20F2N2O2/c20-15-7-5-14(6-8-15)19(25)23-11-9-22(10-12-23)13-18(24)16-3-1-2-4-17(16)21/h1-8,18,24H,9-13H2. The fraction of sp³-hybridized carbons (Fsp3) is 0.316. The second-order valence-electron chi connectivity index (χ2n) is 6.14. The molecule has 1 aliphatic heterocycles. The Morgan fingerprint density at radius 2 is 1.64 bits per heavy atom. The maximum absolute atomic E-state index is 13.7. The van der Waals surface area contributed by atoms with Crippen LogP contribution >= 0.6 is 0 Å². The van der Waals surface area contributed by atoms with Crippen LogP contribution in [0.5, 0.6) is 0 Å². The first-order valence-electron chi connectivity index (χ1n) is 8.24. The van der Waals surface area contributed by atoms with Gasteiger partial charge in [0.15, 0.2) is 0 Å². The lowest BCUT2D eigenvalue weighted by Gasteiger charge is -2.35. The van der Waals surface area contributed by atoms with E-state index in [-0.39, 0.29) is 17.3 Å². The SMILES string of the molecule is O=C(c1ccc(F)cc1)N1CCN(CC(O)c2ccccc2F)CC1. The number of hydrogen-bond acceptors (Lipinski definition) is 3.